The Balaban J connectivity index is 1.59. The van der Waals surface area contributed by atoms with Crippen LogP contribution in [0.2, 0.25) is 0 Å². The van der Waals surface area contributed by atoms with E-state index in [4.69, 9.17) is 23.9 Å². The molecule has 0 spiro atoms. The number of nitrogens with one attached hydrogen (secondary N) is 1. The van der Waals surface area contributed by atoms with Gasteiger partial charge < -0.3 is 33.7 Å². The number of nitrogens with zero attached hydrogens (tertiary/aromatic N) is 5. The molecule has 1 aromatic carbocycles. The number of methoxy groups -OCH3 is 1. The highest BCUT2D eigenvalue weighted by Gasteiger charge is 2.41. The molecule has 0 unspecified atom stereocenters. The minimum absolute atomic E-state index is 0.0411. The Labute approximate surface area is 316 Å². The number of aryl methyl sites for hydroxylation is 1. The summed E-state index contributed by atoms with van der Waals surface area (Å²) in [6, 6.07) is 14.8. The van der Waals surface area contributed by atoms with Crippen LogP contribution >= 0.6 is 0 Å². The Morgan fingerprint density at radius 3 is 2.22 bits per heavy atom. The van der Waals surface area contributed by atoms with Crippen LogP contribution < -0.4 is 15.8 Å². The lowest BCUT2D eigenvalue weighted by Gasteiger charge is -2.29. The van der Waals surface area contributed by atoms with E-state index >= 15 is 0 Å². The maximum absolute atomic E-state index is 13.9. The molecular weight excluding hydrogens is 696 g/mol. The van der Waals surface area contributed by atoms with Gasteiger partial charge >= 0.3 is 24.2 Å². The van der Waals surface area contributed by atoms with Crippen LogP contribution in [0, 0.1) is 0 Å². The molecule has 0 saturated carbocycles. The average molecular weight is 749 g/mol. The molecule has 1 saturated heterocycles. The molecule has 292 valence electrons. The highest BCUT2D eigenvalue weighted by Crippen LogP contribution is 2.30. The summed E-state index contributed by atoms with van der Waals surface area (Å²) < 4.78 is 23.1. The Hall–Kier alpha value is -5.60. The molecule has 0 aliphatic carbocycles. The number of pyridine rings is 2. The molecule has 3 aromatic rings. The van der Waals surface area contributed by atoms with Gasteiger partial charge in [0.25, 0.3) is 5.56 Å². The van der Waals surface area contributed by atoms with Crippen LogP contribution in [0.25, 0.3) is 11.3 Å². The Bertz CT molecular complexity index is 1850. The van der Waals surface area contributed by atoms with E-state index in [2.05, 4.69) is 5.32 Å². The van der Waals surface area contributed by atoms with E-state index in [0.29, 0.717) is 23.5 Å². The monoisotopic (exact) mass is 748 g/mol. The van der Waals surface area contributed by atoms with Crippen molar-refractivity contribution in [3.63, 3.8) is 0 Å². The van der Waals surface area contributed by atoms with Crippen molar-refractivity contribution in [2.45, 2.75) is 84.3 Å². The van der Waals surface area contributed by atoms with Crippen LogP contribution in [0.3, 0.4) is 0 Å². The molecule has 3 heterocycles. The fraction of sp³-hybridized carbons (Fsp3) is 0.487. The van der Waals surface area contributed by atoms with E-state index in [0.717, 1.165) is 5.56 Å². The summed E-state index contributed by atoms with van der Waals surface area (Å²) in [6.45, 7) is 11.0. The lowest BCUT2D eigenvalue weighted by atomic mass is 10.1. The zero-order valence-electron chi connectivity index (χ0n) is 32.6. The standard InChI is InChI=1S/C39H52N6O9/c1-38(2,3)53-35(48)43(8)20-14-21-44(37(50)54-39(4,5)6)32-28(19-22-42(7)33(32)46)29-17-13-18-31(41-29)40-27-23-30(34(47)51-9)45(24-27)36(49)52-25-26-15-11-10-12-16-26/h10-13,15-19,22,27,30H,14,20-21,23-25H2,1-9H3,(H,40,41)/t27-,30-/m0/s1. The number of hydrogen-bond acceptors (Lipinski definition) is 11. The zero-order valence-corrected chi connectivity index (χ0v) is 32.6. The lowest BCUT2D eigenvalue weighted by molar-refractivity contribution is -0.145. The van der Waals surface area contributed by atoms with Crippen molar-refractivity contribution < 1.29 is 38.1 Å². The van der Waals surface area contributed by atoms with Crippen LogP contribution in [-0.4, -0.2) is 101 Å². The number of amides is 3. The number of anilines is 2. The Kier molecular flexibility index (Phi) is 13.3. The molecule has 1 fully saturated rings. The second-order valence-electron chi connectivity index (χ2n) is 15.1. The van der Waals surface area contributed by atoms with Crippen LogP contribution in [0.15, 0.2) is 65.6 Å². The number of carbonyl (C=O) groups excluding carboxylic acids is 4. The van der Waals surface area contributed by atoms with Gasteiger partial charge in [0, 0.05) is 58.0 Å². The van der Waals surface area contributed by atoms with Gasteiger partial charge in [-0.05, 0) is 71.7 Å². The molecule has 2 aromatic heterocycles. The van der Waals surface area contributed by atoms with Crippen molar-refractivity contribution in [3.8, 4) is 11.3 Å². The van der Waals surface area contributed by atoms with Crippen molar-refractivity contribution in [1.82, 2.24) is 19.4 Å². The summed E-state index contributed by atoms with van der Waals surface area (Å²) in [6.07, 6.45) is 0.228. The van der Waals surface area contributed by atoms with Crippen molar-refractivity contribution >= 4 is 35.8 Å². The molecule has 0 bridgehead atoms. The summed E-state index contributed by atoms with van der Waals surface area (Å²) in [7, 11) is 4.45. The molecule has 15 heteroatoms. The van der Waals surface area contributed by atoms with Gasteiger partial charge in [0.15, 0.2) is 0 Å². The molecule has 1 N–H and O–H groups in total. The number of carbonyl (C=O) groups is 4. The van der Waals surface area contributed by atoms with Crippen LogP contribution in [0.4, 0.5) is 25.9 Å². The molecule has 4 rings (SSSR count). The number of likely N-dealkylation sites (tertiary alicyclic amines) is 1. The molecular formula is C39H52N6O9. The summed E-state index contributed by atoms with van der Waals surface area (Å²) in [5.41, 5.74) is -0.381. The Morgan fingerprint density at radius 1 is 0.907 bits per heavy atom. The first-order chi connectivity index (χ1) is 25.4. The Morgan fingerprint density at radius 2 is 1.57 bits per heavy atom. The quantitative estimate of drug-likeness (QED) is 0.186. The van der Waals surface area contributed by atoms with E-state index in [9.17, 15) is 24.0 Å². The number of hydrogen-bond donors (Lipinski definition) is 1. The minimum atomic E-state index is -0.876. The number of ether oxygens (including phenoxy) is 4. The van der Waals surface area contributed by atoms with Gasteiger partial charge in [-0.15, -0.1) is 0 Å². The molecule has 1 aliphatic rings. The third kappa shape index (κ3) is 11.2. The normalized spacial score (nSPS) is 15.6. The first-order valence-electron chi connectivity index (χ1n) is 17.8. The number of benzene rings is 1. The van der Waals surface area contributed by atoms with Gasteiger partial charge in [-0.25, -0.2) is 24.2 Å². The van der Waals surface area contributed by atoms with Gasteiger partial charge in [-0.1, -0.05) is 36.4 Å². The van der Waals surface area contributed by atoms with Gasteiger partial charge in [0.1, 0.15) is 35.4 Å². The van der Waals surface area contributed by atoms with Crippen LogP contribution in [0.1, 0.15) is 59.9 Å². The predicted molar refractivity (Wildman–Crippen MR) is 203 cm³/mol. The van der Waals surface area contributed by atoms with Gasteiger partial charge in [0.05, 0.1) is 12.8 Å². The molecule has 0 radical (unpaired) electrons. The largest absolute Gasteiger partial charge is 0.467 e. The summed E-state index contributed by atoms with van der Waals surface area (Å²) in [5, 5.41) is 3.31. The lowest BCUT2D eigenvalue weighted by Crippen LogP contribution is -2.42. The maximum Gasteiger partial charge on any atom is 0.414 e. The third-order valence-electron chi connectivity index (χ3n) is 8.30. The molecule has 54 heavy (non-hydrogen) atoms. The fourth-order valence-corrected chi connectivity index (χ4v) is 5.77. The van der Waals surface area contributed by atoms with Crippen molar-refractivity contribution in [1.29, 1.82) is 0 Å². The molecule has 2 atom stereocenters. The third-order valence-corrected chi connectivity index (χ3v) is 8.30. The SMILES string of the molecule is COC(=O)[C@@H]1C[C@H](Nc2cccc(-c3ccn(C)c(=O)c3N(CCCN(C)C(=O)OC(C)(C)C)C(=O)OC(C)(C)C)n2)CN1C(=O)OCc1ccccc1. The van der Waals surface area contributed by atoms with Crippen molar-refractivity contribution in [2.24, 2.45) is 7.05 Å². The maximum atomic E-state index is 13.9. The van der Waals surface area contributed by atoms with Gasteiger partial charge in [-0.3, -0.25) is 14.6 Å². The van der Waals surface area contributed by atoms with Crippen LogP contribution in [-0.2, 0) is 37.4 Å². The van der Waals surface area contributed by atoms with E-state index in [1.165, 1.54) is 26.4 Å². The average Bonchev–Trinajstić information content (AvgIpc) is 3.53. The van der Waals surface area contributed by atoms with Crippen molar-refractivity contribution in [2.75, 3.05) is 44.0 Å². The number of rotatable bonds is 11. The van der Waals surface area contributed by atoms with Crippen LogP contribution in [0.5, 0.6) is 0 Å². The minimum Gasteiger partial charge on any atom is -0.467 e. The number of esters is 1. The second kappa shape index (κ2) is 17.5. The predicted octanol–water partition coefficient (Wildman–Crippen LogP) is 5.81. The van der Waals surface area contributed by atoms with E-state index in [1.807, 2.05) is 30.3 Å². The zero-order chi connectivity index (χ0) is 39.8. The molecule has 3 amide bonds. The second-order valence-corrected chi connectivity index (χ2v) is 15.1. The first-order valence-corrected chi connectivity index (χ1v) is 17.8. The molecule has 15 nitrogen and oxygen atoms in total. The molecule has 1 aliphatic heterocycles. The summed E-state index contributed by atoms with van der Waals surface area (Å²) in [4.78, 5) is 74.9. The topological polar surface area (TPSA) is 162 Å². The highest BCUT2D eigenvalue weighted by atomic mass is 16.6. The summed E-state index contributed by atoms with van der Waals surface area (Å²) >= 11 is 0. The fourth-order valence-electron chi connectivity index (χ4n) is 5.77. The first kappa shape index (κ1) is 41.2. The van der Waals surface area contributed by atoms with Gasteiger partial charge in [0.2, 0.25) is 0 Å². The highest BCUT2D eigenvalue weighted by molar-refractivity contribution is 5.93. The summed E-state index contributed by atoms with van der Waals surface area (Å²) in [5.74, 6) is -0.156. The van der Waals surface area contributed by atoms with Crippen molar-refractivity contribution in [3.05, 3.63) is 76.7 Å². The van der Waals surface area contributed by atoms with E-state index in [-0.39, 0.29) is 38.3 Å². The smallest absolute Gasteiger partial charge is 0.414 e. The van der Waals surface area contributed by atoms with E-state index < -0.39 is 53.1 Å². The number of aromatic nitrogens is 2. The van der Waals surface area contributed by atoms with E-state index in [1.54, 1.807) is 86.1 Å². The van der Waals surface area contributed by atoms with Gasteiger partial charge in [-0.2, -0.15) is 0 Å².